The van der Waals surface area contributed by atoms with Gasteiger partial charge >= 0.3 is 6.03 Å². The van der Waals surface area contributed by atoms with Crippen LogP contribution in [0.2, 0.25) is 0 Å². The van der Waals surface area contributed by atoms with Crippen LogP contribution in [0.25, 0.3) is 11.3 Å². The summed E-state index contributed by atoms with van der Waals surface area (Å²) >= 11 is 1.54. The van der Waals surface area contributed by atoms with Crippen molar-refractivity contribution in [1.29, 1.82) is 0 Å². The molecule has 2 heterocycles. The van der Waals surface area contributed by atoms with Crippen LogP contribution in [-0.2, 0) is 6.54 Å². The van der Waals surface area contributed by atoms with Crippen LogP contribution in [0.5, 0.6) is 0 Å². The Bertz CT molecular complexity index is 753. The van der Waals surface area contributed by atoms with Gasteiger partial charge in [0.1, 0.15) is 10.8 Å². The summed E-state index contributed by atoms with van der Waals surface area (Å²) in [5.74, 6) is 0.716. The number of hydrogen-bond acceptors (Lipinski definition) is 4. The van der Waals surface area contributed by atoms with Crippen LogP contribution in [0, 0.1) is 0 Å². The van der Waals surface area contributed by atoms with E-state index in [2.05, 4.69) is 15.6 Å². The number of nitrogens with zero attached hydrogens (tertiary/aromatic N) is 1. The van der Waals surface area contributed by atoms with Gasteiger partial charge < -0.3 is 15.1 Å². The maximum Gasteiger partial charge on any atom is 0.315 e. The number of carbonyl (C=O) groups excluding carboxylic acids is 1. The van der Waals surface area contributed by atoms with Gasteiger partial charge in [-0.15, -0.1) is 11.3 Å². The fourth-order valence-electron chi connectivity index (χ4n) is 2.12. The number of rotatable bonds is 5. The van der Waals surface area contributed by atoms with Crippen molar-refractivity contribution in [2.24, 2.45) is 0 Å². The molecule has 0 unspecified atom stereocenters. The predicted molar refractivity (Wildman–Crippen MR) is 90.0 cm³/mol. The van der Waals surface area contributed by atoms with Crippen molar-refractivity contribution in [3.05, 3.63) is 64.9 Å². The van der Waals surface area contributed by atoms with E-state index in [1.807, 2.05) is 48.7 Å². The van der Waals surface area contributed by atoms with Gasteiger partial charge in [0.05, 0.1) is 24.5 Å². The van der Waals surface area contributed by atoms with Gasteiger partial charge in [0.15, 0.2) is 0 Å². The number of benzene rings is 1. The van der Waals surface area contributed by atoms with Crippen LogP contribution in [-0.4, -0.2) is 11.0 Å². The van der Waals surface area contributed by atoms with Gasteiger partial charge in [-0.2, -0.15) is 0 Å². The Morgan fingerprint density at radius 3 is 2.83 bits per heavy atom. The number of thiazole rings is 1. The monoisotopic (exact) mass is 327 g/mol. The lowest BCUT2D eigenvalue weighted by molar-refractivity contribution is 0.236. The summed E-state index contributed by atoms with van der Waals surface area (Å²) in [6.45, 7) is 2.28. The van der Waals surface area contributed by atoms with E-state index < -0.39 is 0 Å². The van der Waals surface area contributed by atoms with Crippen molar-refractivity contribution < 1.29 is 9.21 Å². The smallest absolute Gasteiger partial charge is 0.315 e. The van der Waals surface area contributed by atoms with Crippen molar-refractivity contribution in [2.75, 3.05) is 0 Å². The lowest BCUT2D eigenvalue weighted by Crippen LogP contribution is -2.36. The topological polar surface area (TPSA) is 67.2 Å². The van der Waals surface area contributed by atoms with E-state index in [4.69, 9.17) is 4.42 Å². The SMILES string of the molecule is C[C@H](NC(=O)NCc1ccco1)c1nc(-c2ccccc2)cs1. The highest BCUT2D eigenvalue weighted by Gasteiger charge is 2.14. The number of hydrogen-bond donors (Lipinski definition) is 2. The molecule has 0 spiro atoms. The standard InChI is InChI=1S/C17H17N3O2S/c1-12(19-17(21)18-10-14-8-5-9-22-14)16-20-15(11-23-16)13-6-3-2-4-7-13/h2-9,11-12H,10H2,1H3,(H2,18,19,21)/t12-/m0/s1. The van der Waals surface area contributed by atoms with Gasteiger partial charge in [0.25, 0.3) is 0 Å². The quantitative estimate of drug-likeness (QED) is 0.745. The third-order valence-electron chi connectivity index (χ3n) is 3.31. The van der Waals surface area contributed by atoms with Crippen molar-refractivity contribution >= 4 is 17.4 Å². The first-order valence-corrected chi connectivity index (χ1v) is 8.18. The Hall–Kier alpha value is -2.60. The summed E-state index contributed by atoms with van der Waals surface area (Å²) in [6.07, 6.45) is 1.58. The summed E-state index contributed by atoms with van der Waals surface area (Å²) in [5.41, 5.74) is 2.00. The fraction of sp³-hybridized carbons (Fsp3) is 0.176. The summed E-state index contributed by atoms with van der Waals surface area (Å²) in [4.78, 5) is 16.5. The van der Waals surface area contributed by atoms with Crippen LogP contribution in [0.4, 0.5) is 4.79 Å². The van der Waals surface area contributed by atoms with E-state index in [0.29, 0.717) is 12.3 Å². The molecule has 2 aromatic heterocycles. The van der Waals surface area contributed by atoms with Crippen molar-refractivity contribution in [3.8, 4) is 11.3 Å². The van der Waals surface area contributed by atoms with Gasteiger partial charge in [0, 0.05) is 10.9 Å². The first-order valence-electron chi connectivity index (χ1n) is 7.30. The molecule has 6 heteroatoms. The van der Waals surface area contributed by atoms with E-state index in [0.717, 1.165) is 16.3 Å². The van der Waals surface area contributed by atoms with Gasteiger partial charge in [-0.3, -0.25) is 0 Å². The summed E-state index contributed by atoms with van der Waals surface area (Å²) in [6, 6.07) is 13.2. The van der Waals surface area contributed by atoms with Crippen LogP contribution in [0.1, 0.15) is 23.7 Å². The molecule has 23 heavy (non-hydrogen) atoms. The van der Waals surface area contributed by atoms with Crippen LogP contribution < -0.4 is 10.6 Å². The minimum absolute atomic E-state index is 0.158. The number of aromatic nitrogens is 1. The Labute approximate surface area is 138 Å². The Balaban J connectivity index is 1.57. The summed E-state index contributed by atoms with van der Waals surface area (Å²) < 4.78 is 5.17. The third kappa shape index (κ3) is 3.98. The van der Waals surface area contributed by atoms with Gasteiger partial charge in [-0.1, -0.05) is 30.3 Å². The van der Waals surface area contributed by atoms with Gasteiger partial charge in [-0.05, 0) is 19.1 Å². The second-order valence-corrected chi connectivity index (χ2v) is 5.95. The number of urea groups is 1. The highest BCUT2D eigenvalue weighted by molar-refractivity contribution is 7.10. The molecule has 3 rings (SSSR count). The summed E-state index contributed by atoms with van der Waals surface area (Å²) in [5, 5.41) is 8.51. The first-order chi connectivity index (χ1) is 11.2. The molecular formula is C17H17N3O2S. The molecular weight excluding hydrogens is 310 g/mol. The average molecular weight is 327 g/mol. The fourth-order valence-corrected chi connectivity index (χ4v) is 2.95. The lowest BCUT2D eigenvalue weighted by Gasteiger charge is -2.11. The molecule has 0 radical (unpaired) electrons. The van der Waals surface area contributed by atoms with Crippen molar-refractivity contribution in [3.63, 3.8) is 0 Å². The zero-order chi connectivity index (χ0) is 16.1. The largest absolute Gasteiger partial charge is 0.467 e. The molecule has 0 fully saturated rings. The first kappa shape index (κ1) is 15.3. The van der Waals surface area contributed by atoms with Crippen LogP contribution >= 0.6 is 11.3 Å². The normalized spacial score (nSPS) is 11.9. The van der Waals surface area contributed by atoms with E-state index in [1.165, 1.54) is 11.3 Å². The molecule has 0 aliphatic rings. The molecule has 0 bridgehead atoms. The molecule has 0 saturated carbocycles. The maximum absolute atomic E-state index is 11.9. The highest BCUT2D eigenvalue weighted by atomic mass is 32.1. The molecule has 5 nitrogen and oxygen atoms in total. The van der Waals surface area contributed by atoms with E-state index in [1.54, 1.807) is 12.3 Å². The molecule has 2 N–H and O–H groups in total. The van der Waals surface area contributed by atoms with E-state index in [9.17, 15) is 4.79 Å². The van der Waals surface area contributed by atoms with Gasteiger partial charge in [0.2, 0.25) is 0 Å². The zero-order valence-electron chi connectivity index (χ0n) is 12.7. The minimum Gasteiger partial charge on any atom is -0.467 e. The van der Waals surface area contributed by atoms with E-state index >= 15 is 0 Å². The number of furan rings is 1. The Morgan fingerprint density at radius 2 is 2.09 bits per heavy atom. The predicted octanol–water partition coefficient (Wildman–Crippen LogP) is 3.96. The average Bonchev–Trinajstić information content (AvgIpc) is 3.25. The molecule has 0 aliphatic heterocycles. The molecule has 3 aromatic rings. The van der Waals surface area contributed by atoms with E-state index in [-0.39, 0.29) is 12.1 Å². The molecule has 0 aliphatic carbocycles. The lowest BCUT2D eigenvalue weighted by atomic mass is 10.2. The number of nitrogens with one attached hydrogen (secondary N) is 2. The summed E-state index contributed by atoms with van der Waals surface area (Å²) in [7, 11) is 0. The minimum atomic E-state index is -0.245. The molecule has 2 amide bonds. The second kappa shape index (κ2) is 7.11. The van der Waals surface area contributed by atoms with Crippen molar-refractivity contribution in [1.82, 2.24) is 15.6 Å². The molecule has 118 valence electrons. The maximum atomic E-state index is 11.9. The molecule has 1 atom stereocenters. The Morgan fingerprint density at radius 1 is 1.26 bits per heavy atom. The highest BCUT2D eigenvalue weighted by Crippen LogP contribution is 2.25. The van der Waals surface area contributed by atoms with Crippen LogP contribution in [0.15, 0.2) is 58.5 Å². The second-order valence-electron chi connectivity index (χ2n) is 5.07. The Kier molecular flexibility index (Phi) is 4.73. The number of amides is 2. The molecule has 1 aromatic carbocycles. The molecule has 0 saturated heterocycles. The van der Waals surface area contributed by atoms with Gasteiger partial charge in [-0.25, -0.2) is 9.78 Å². The zero-order valence-corrected chi connectivity index (χ0v) is 13.5. The van der Waals surface area contributed by atoms with Crippen LogP contribution in [0.3, 0.4) is 0 Å². The third-order valence-corrected chi connectivity index (χ3v) is 4.34. The number of carbonyl (C=O) groups is 1. The van der Waals surface area contributed by atoms with Crippen molar-refractivity contribution in [2.45, 2.75) is 19.5 Å².